The van der Waals surface area contributed by atoms with Gasteiger partial charge in [0.25, 0.3) is 0 Å². The van der Waals surface area contributed by atoms with Crippen molar-refractivity contribution in [2.24, 2.45) is 0 Å². The highest BCUT2D eigenvalue weighted by molar-refractivity contribution is 7.99. The lowest BCUT2D eigenvalue weighted by atomic mass is 10.1. The van der Waals surface area contributed by atoms with Crippen molar-refractivity contribution < 1.29 is 23.4 Å². The van der Waals surface area contributed by atoms with E-state index in [4.69, 9.17) is 5.11 Å². The van der Waals surface area contributed by atoms with Gasteiger partial charge in [0.05, 0.1) is 4.90 Å². The molecule has 1 aromatic carbocycles. The maximum atomic E-state index is 12.3. The lowest BCUT2D eigenvalue weighted by Gasteiger charge is -2.15. The predicted molar refractivity (Wildman–Crippen MR) is 82.6 cm³/mol. The molecule has 0 spiro atoms. The predicted octanol–water partition coefficient (Wildman–Crippen LogP) is 1.82. The van der Waals surface area contributed by atoms with Gasteiger partial charge in [0, 0.05) is 11.8 Å². The minimum atomic E-state index is -3.83. The van der Waals surface area contributed by atoms with Gasteiger partial charge in [0.15, 0.2) is 0 Å². The minimum absolute atomic E-state index is 0.133. The Morgan fingerprint density at radius 1 is 1.43 bits per heavy atom. The molecule has 0 aliphatic rings. The summed E-state index contributed by atoms with van der Waals surface area (Å²) in [6.45, 7) is 5.23. The first-order chi connectivity index (χ1) is 9.69. The normalized spacial score (nSPS) is 13.1. The maximum Gasteiger partial charge on any atom is 0.339 e. The summed E-state index contributed by atoms with van der Waals surface area (Å²) in [5.74, 6) is -0.321. The lowest BCUT2D eigenvalue weighted by Crippen LogP contribution is -2.34. The largest absolute Gasteiger partial charge is 0.507 e. The van der Waals surface area contributed by atoms with Crippen molar-refractivity contribution in [3.8, 4) is 5.75 Å². The molecule has 21 heavy (non-hydrogen) atoms. The third kappa shape index (κ3) is 4.62. The Morgan fingerprint density at radius 3 is 2.57 bits per heavy atom. The van der Waals surface area contributed by atoms with Crippen LogP contribution in [0.5, 0.6) is 5.75 Å². The van der Waals surface area contributed by atoms with Crippen LogP contribution in [0.1, 0.15) is 29.8 Å². The van der Waals surface area contributed by atoms with Gasteiger partial charge < -0.3 is 10.2 Å². The number of sulfonamides is 1. The lowest BCUT2D eigenvalue weighted by molar-refractivity contribution is 0.0693. The smallest absolute Gasteiger partial charge is 0.339 e. The van der Waals surface area contributed by atoms with Crippen molar-refractivity contribution in [2.75, 3.05) is 11.5 Å². The monoisotopic (exact) mass is 333 g/mol. The van der Waals surface area contributed by atoms with E-state index >= 15 is 0 Å². The van der Waals surface area contributed by atoms with Gasteiger partial charge in [-0.3, -0.25) is 0 Å². The van der Waals surface area contributed by atoms with E-state index in [1.54, 1.807) is 18.7 Å². The summed E-state index contributed by atoms with van der Waals surface area (Å²) >= 11 is 1.61. The van der Waals surface area contributed by atoms with Crippen molar-refractivity contribution in [3.63, 3.8) is 0 Å². The van der Waals surface area contributed by atoms with Crippen LogP contribution in [0.3, 0.4) is 0 Å². The molecule has 118 valence electrons. The van der Waals surface area contributed by atoms with E-state index in [1.165, 1.54) is 6.92 Å². The molecule has 8 heteroatoms. The molecule has 1 unspecified atom stereocenters. The topological polar surface area (TPSA) is 104 Å². The molecule has 0 aliphatic heterocycles. The SMILES string of the molecule is CCSCC(C)NS(=O)(=O)c1cc(C(=O)O)c(O)cc1C. The first-order valence-electron chi connectivity index (χ1n) is 6.36. The highest BCUT2D eigenvalue weighted by Crippen LogP contribution is 2.25. The zero-order valence-corrected chi connectivity index (χ0v) is 13.7. The van der Waals surface area contributed by atoms with Crippen LogP contribution in [0.4, 0.5) is 0 Å². The van der Waals surface area contributed by atoms with Gasteiger partial charge in [0.2, 0.25) is 10.0 Å². The van der Waals surface area contributed by atoms with Crippen LogP contribution in [0.15, 0.2) is 17.0 Å². The number of nitrogens with one attached hydrogen (secondary N) is 1. The number of carboxylic acid groups (broad SMARTS) is 1. The number of carbonyl (C=O) groups is 1. The average Bonchev–Trinajstić information content (AvgIpc) is 2.34. The van der Waals surface area contributed by atoms with Crippen molar-refractivity contribution in [1.82, 2.24) is 4.72 Å². The minimum Gasteiger partial charge on any atom is -0.507 e. The Bertz CT molecular complexity index is 628. The molecule has 1 aromatic rings. The Labute approximate surface area is 128 Å². The van der Waals surface area contributed by atoms with E-state index in [1.807, 2.05) is 6.92 Å². The molecule has 0 radical (unpaired) electrons. The van der Waals surface area contributed by atoms with Crippen molar-refractivity contribution in [1.29, 1.82) is 0 Å². The third-order valence-corrected chi connectivity index (χ3v) is 5.62. The Morgan fingerprint density at radius 2 is 2.05 bits per heavy atom. The van der Waals surface area contributed by atoms with Gasteiger partial charge in [-0.2, -0.15) is 11.8 Å². The molecule has 6 nitrogen and oxygen atoms in total. The molecule has 3 N–H and O–H groups in total. The Balaban J connectivity index is 3.13. The van der Waals surface area contributed by atoms with Crippen LogP contribution in [0, 0.1) is 6.92 Å². The van der Waals surface area contributed by atoms with Crippen LogP contribution in [0.2, 0.25) is 0 Å². The molecule has 0 heterocycles. The number of carboxylic acids is 1. The molecule has 0 saturated carbocycles. The van der Waals surface area contributed by atoms with Crippen LogP contribution >= 0.6 is 11.8 Å². The van der Waals surface area contributed by atoms with E-state index in [9.17, 15) is 18.3 Å². The fourth-order valence-electron chi connectivity index (χ4n) is 1.79. The second kappa shape index (κ2) is 7.15. The van der Waals surface area contributed by atoms with E-state index in [0.29, 0.717) is 11.3 Å². The number of hydrogen-bond donors (Lipinski definition) is 3. The second-order valence-electron chi connectivity index (χ2n) is 4.62. The number of aromatic carboxylic acids is 1. The van der Waals surface area contributed by atoms with Crippen molar-refractivity contribution in [3.05, 3.63) is 23.3 Å². The maximum absolute atomic E-state index is 12.3. The number of hydrogen-bond acceptors (Lipinski definition) is 5. The van der Waals surface area contributed by atoms with Gasteiger partial charge in [-0.25, -0.2) is 17.9 Å². The van der Waals surface area contributed by atoms with Crippen molar-refractivity contribution >= 4 is 27.8 Å². The molecule has 0 aliphatic carbocycles. The van der Waals surface area contributed by atoms with Crippen LogP contribution in [0.25, 0.3) is 0 Å². The van der Waals surface area contributed by atoms with E-state index in [0.717, 1.165) is 17.9 Å². The number of thioether (sulfide) groups is 1. The van der Waals surface area contributed by atoms with E-state index in [2.05, 4.69) is 4.72 Å². The zero-order valence-electron chi connectivity index (χ0n) is 12.1. The molecule has 0 bridgehead atoms. The van der Waals surface area contributed by atoms with Gasteiger partial charge >= 0.3 is 5.97 Å². The number of phenols is 1. The summed E-state index contributed by atoms with van der Waals surface area (Å²) in [5, 5.41) is 18.5. The Kier molecular flexibility index (Phi) is 6.06. The van der Waals surface area contributed by atoms with Crippen molar-refractivity contribution in [2.45, 2.75) is 31.7 Å². The quantitative estimate of drug-likeness (QED) is 0.703. The summed E-state index contributed by atoms with van der Waals surface area (Å²) in [6.07, 6.45) is 0. The first kappa shape index (κ1) is 17.8. The van der Waals surface area contributed by atoms with Gasteiger partial charge in [0.1, 0.15) is 11.3 Å². The van der Waals surface area contributed by atoms with Crippen LogP contribution in [-0.2, 0) is 10.0 Å². The number of benzene rings is 1. The van der Waals surface area contributed by atoms with E-state index in [-0.39, 0.29) is 10.9 Å². The molecule has 0 aromatic heterocycles. The van der Waals surface area contributed by atoms with Crippen LogP contribution < -0.4 is 4.72 Å². The second-order valence-corrected chi connectivity index (χ2v) is 7.62. The number of rotatable bonds is 7. The number of aryl methyl sites for hydroxylation is 1. The summed E-state index contributed by atoms with van der Waals surface area (Å²) in [7, 11) is -3.83. The number of aromatic hydroxyl groups is 1. The van der Waals surface area contributed by atoms with E-state index < -0.39 is 27.3 Å². The van der Waals surface area contributed by atoms with Gasteiger partial charge in [-0.1, -0.05) is 6.92 Å². The summed E-state index contributed by atoms with van der Waals surface area (Å²) < 4.78 is 27.1. The highest BCUT2D eigenvalue weighted by atomic mass is 32.2. The molecule has 0 saturated heterocycles. The molecular weight excluding hydrogens is 314 g/mol. The molecular formula is C13H19NO5S2. The van der Waals surface area contributed by atoms with Gasteiger partial charge in [-0.05, 0) is 37.3 Å². The summed E-state index contributed by atoms with van der Waals surface area (Å²) in [5.41, 5.74) is -0.142. The third-order valence-electron chi connectivity index (χ3n) is 2.74. The zero-order chi connectivity index (χ0) is 16.2. The summed E-state index contributed by atoms with van der Waals surface area (Å²) in [6, 6.07) is 1.85. The molecule has 1 atom stereocenters. The standard InChI is InChI=1S/C13H19NO5S2/c1-4-20-7-9(3)14-21(18,19)12-6-10(13(16)17)11(15)5-8(12)2/h5-6,9,14-15H,4,7H2,1-3H3,(H,16,17). The molecule has 0 amide bonds. The average molecular weight is 333 g/mol. The molecule has 0 fully saturated rings. The van der Waals surface area contributed by atoms with Crippen LogP contribution in [-0.4, -0.2) is 42.1 Å². The highest BCUT2D eigenvalue weighted by Gasteiger charge is 2.23. The fraction of sp³-hybridized carbons (Fsp3) is 0.462. The fourth-order valence-corrected chi connectivity index (χ4v) is 4.06. The molecule has 1 rings (SSSR count). The first-order valence-corrected chi connectivity index (χ1v) is 8.99. The van der Waals surface area contributed by atoms with Gasteiger partial charge in [-0.15, -0.1) is 0 Å². The summed E-state index contributed by atoms with van der Waals surface area (Å²) in [4.78, 5) is 10.9. The Hall–Kier alpha value is -1.25.